The lowest BCUT2D eigenvalue weighted by molar-refractivity contribution is -0.384. The minimum atomic E-state index is -0.484. The second-order valence-corrected chi connectivity index (χ2v) is 4.51. The molecule has 0 heterocycles. The van der Waals surface area contributed by atoms with Crippen LogP contribution in [-0.2, 0) is 4.79 Å². The normalized spacial score (nSPS) is 10.9. The number of anilines is 1. The van der Waals surface area contributed by atoms with Gasteiger partial charge in [-0.15, -0.1) is 0 Å². The molecule has 5 heteroatoms. The molecule has 1 aromatic rings. The van der Waals surface area contributed by atoms with E-state index in [2.05, 4.69) is 5.32 Å². The van der Waals surface area contributed by atoms with Crippen molar-refractivity contribution in [2.24, 2.45) is 5.41 Å². The number of hydrogen-bond acceptors (Lipinski definition) is 3. The molecule has 0 radical (unpaired) electrons. The molecule has 0 bridgehead atoms. The van der Waals surface area contributed by atoms with Crippen LogP contribution in [0.2, 0.25) is 0 Å². The first-order valence-corrected chi connectivity index (χ1v) is 4.86. The molecule has 1 N–H and O–H groups in total. The first-order chi connectivity index (χ1) is 7.30. The summed E-state index contributed by atoms with van der Waals surface area (Å²) in [4.78, 5) is 21.5. The number of rotatable bonds is 2. The lowest BCUT2D eigenvalue weighted by Crippen LogP contribution is -2.27. The van der Waals surface area contributed by atoms with E-state index in [9.17, 15) is 14.9 Å². The summed E-state index contributed by atoms with van der Waals surface area (Å²) >= 11 is 0. The van der Waals surface area contributed by atoms with Gasteiger partial charge in [0, 0.05) is 23.2 Å². The maximum atomic E-state index is 11.6. The highest BCUT2D eigenvalue weighted by Crippen LogP contribution is 2.19. The average molecular weight is 222 g/mol. The van der Waals surface area contributed by atoms with Crippen LogP contribution in [0.5, 0.6) is 0 Å². The first-order valence-electron chi connectivity index (χ1n) is 4.86. The third-order valence-corrected chi connectivity index (χ3v) is 2.02. The van der Waals surface area contributed by atoms with E-state index in [1.807, 2.05) is 0 Å². The van der Waals surface area contributed by atoms with Crippen LogP contribution >= 0.6 is 0 Å². The van der Waals surface area contributed by atoms with Crippen LogP contribution in [0, 0.1) is 15.5 Å². The number of nitro groups is 1. The summed E-state index contributed by atoms with van der Waals surface area (Å²) < 4.78 is 0. The van der Waals surface area contributed by atoms with E-state index < -0.39 is 10.3 Å². The fourth-order valence-electron chi connectivity index (χ4n) is 0.985. The smallest absolute Gasteiger partial charge is 0.269 e. The Morgan fingerprint density at radius 2 is 1.75 bits per heavy atom. The topological polar surface area (TPSA) is 72.2 Å². The molecule has 0 saturated carbocycles. The molecule has 1 rings (SSSR count). The van der Waals surface area contributed by atoms with Crippen molar-refractivity contribution < 1.29 is 9.72 Å². The number of carbonyl (C=O) groups excluding carboxylic acids is 1. The summed E-state index contributed by atoms with van der Waals surface area (Å²) in [6, 6.07) is 5.75. The van der Waals surface area contributed by atoms with Gasteiger partial charge in [-0.25, -0.2) is 0 Å². The Hall–Kier alpha value is -1.91. The molecule has 0 aliphatic rings. The predicted molar refractivity (Wildman–Crippen MR) is 61.2 cm³/mol. The van der Waals surface area contributed by atoms with Crippen LogP contribution in [0.15, 0.2) is 24.3 Å². The molecule has 86 valence electrons. The summed E-state index contributed by atoms with van der Waals surface area (Å²) in [5.41, 5.74) is 0.0844. The maximum absolute atomic E-state index is 11.6. The Labute approximate surface area is 93.6 Å². The van der Waals surface area contributed by atoms with Crippen molar-refractivity contribution in [3.63, 3.8) is 0 Å². The third-order valence-electron chi connectivity index (χ3n) is 2.02. The molecule has 0 fully saturated rings. The van der Waals surface area contributed by atoms with Crippen molar-refractivity contribution in [1.82, 2.24) is 0 Å². The Bertz CT molecular complexity index is 404. The molecule has 0 aromatic heterocycles. The van der Waals surface area contributed by atoms with Crippen LogP contribution in [0.1, 0.15) is 20.8 Å². The Morgan fingerprint density at radius 1 is 1.25 bits per heavy atom. The molecule has 5 nitrogen and oxygen atoms in total. The predicted octanol–water partition coefficient (Wildman–Crippen LogP) is 2.58. The van der Waals surface area contributed by atoms with Crippen molar-refractivity contribution in [2.45, 2.75) is 20.8 Å². The van der Waals surface area contributed by atoms with Gasteiger partial charge in [0.1, 0.15) is 0 Å². The average Bonchev–Trinajstić information content (AvgIpc) is 2.17. The van der Waals surface area contributed by atoms with Gasteiger partial charge in [0.05, 0.1) is 4.92 Å². The number of carbonyl (C=O) groups is 1. The van der Waals surface area contributed by atoms with Crippen molar-refractivity contribution in [3.8, 4) is 0 Å². The molecular weight excluding hydrogens is 208 g/mol. The van der Waals surface area contributed by atoms with Crippen LogP contribution in [-0.4, -0.2) is 10.8 Å². The quantitative estimate of drug-likeness (QED) is 0.617. The summed E-state index contributed by atoms with van der Waals surface area (Å²) in [6.07, 6.45) is 0. The van der Waals surface area contributed by atoms with Crippen LogP contribution < -0.4 is 5.32 Å². The zero-order valence-corrected chi connectivity index (χ0v) is 9.48. The first kappa shape index (κ1) is 12.2. The molecule has 0 aliphatic heterocycles. The van der Waals surface area contributed by atoms with Crippen LogP contribution in [0.3, 0.4) is 0 Å². The molecule has 0 saturated heterocycles. The van der Waals surface area contributed by atoms with E-state index in [-0.39, 0.29) is 11.6 Å². The number of amides is 1. The van der Waals surface area contributed by atoms with Gasteiger partial charge in [0.25, 0.3) is 5.69 Å². The standard InChI is InChI=1S/C11H14N2O3/c1-11(2,3)10(14)12-8-4-6-9(7-5-8)13(15)16/h4-7H,1-3H3,(H,12,14). The summed E-state index contributed by atoms with van der Waals surface area (Å²) in [5.74, 6) is -0.124. The van der Waals surface area contributed by atoms with Crippen molar-refractivity contribution in [3.05, 3.63) is 34.4 Å². The molecule has 0 spiro atoms. The number of hydrogen-bond donors (Lipinski definition) is 1. The highest BCUT2D eigenvalue weighted by Gasteiger charge is 2.21. The van der Waals surface area contributed by atoms with Gasteiger partial charge in [-0.1, -0.05) is 20.8 Å². The highest BCUT2D eigenvalue weighted by molar-refractivity contribution is 5.94. The van der Waals surface area contributed by atoms with Gasteiger partial charge in [0.2, 0.25) is 5.91 Å². The molecule has 1 aromatic carbocycles. The second kappa shape index (κ2) is 4.30. The molecule has 0 unspecified atom stereocenters. The Kier molecular flexibility index (Phi) is 3.27. The summed E-state index contributed by atoms with van der Waals surface area (Å²) in [6.45, 7) is 5.40. The van der Waals surface area contributed by atoms with Gasteiger partial charge < -0.3 is 5.32 Å². The third kappa shape index (κ3) is 3.05. The van der Waals surface area contributed by atoms with Crippen LogP contribution in [0.25, 0.3) is 0 Å². The van der Waals surface area contributed by atoms with Gasteiger partial charge in [-0.3, -0.25) is 14.9 Å². The lowest BCUT2D eigenvalue weighted by Gasteiger charge is -2.17. The minimum Gasteiger partial charge on any atom is -0.326 e. The number of nitrogens with one attached hydrogen (secondary N) is 1. The molecule has 0 aliphatic carbocycles. The van der Waals surface area contributed by atoms with Gasteiger partial charge in [-0.2, -0.15) is 0 Å². The molecule has 1 amide bonds. The minimum absolute atomic E-state index is 0.00811. The zero-order chi connectivity index (χ0) is 12.3. The van der Waals surface area contributed by atoms with Crippen molar-refractivity contribution in [1.29, 1.82) is 0 Å². The largest absolute Gasteiger partial charge is 0.326 e. The van der Waals surface area contributed by atoms with Gasteiger partial charge in [-0.05, 0) is 12.1 Å². The number of non-ortho nitro benzene ring substituents is 1. The van der Waals surface area contributed by atoms with E-state index in [0.717, 1.165) is 0 Å². The van der Waals surface area contributed by atoms with E-state index in [1.54, 1.807) is 20.8 Å². The Morgan fingerprint density at radius 3 is 2.12 bits per heavy atom. The fourth-order valence-corrected chi connectivity index (χ4v) is 0.985. The number of benzene rings is 1. The molecule has 0 atom stereocenters. The zero-order valence-electron chi connectivity index (χ0n) is 9.48. The Balaban J connectivity index is 2.77. The molecular formula is C11H14N2O3. The van der Waals surface area contributed by atoms with Gasteiger partial charge in [0.15, 0.2) is 0 Å². The van der Waals surface area contributed by atoms with Crippen molar-refractivity contribution >= 4 is 17.3 Å². The number of nitrogens with zero attached hydrogens (tertiary/aromatic N) is 1. The van der Waals surface area contributed by atoms with Gasteiger partial charge >= 0.3 is 0 Å². The van der Waals surface area contributed by atoms with E-state index >= 15 is 0 Å². The van der Waals surface area contributed by atoms with Crippen LogP contribution in [0.4, 0.5) is 11.4 Å². The van der Waals surface area contributed by atoms with E-state index in [4.69, 9.17) is 0 Å². The number of nitro benzene ring substituents is 1. The summed E-state index contributed by atoms with van der Waals surface area (Å²) in [5, 5.41) is 13.1. The maximum Gasteiger partial charge on any atom is 0.269 e. The lowest BCUT2D eigenvalue weighted by atomic mass is 9.95. The van der Waals surface area contributed by atoms with E-state index in [1.165, 1.54) is 24.3 Å². The fraction of sp³-hybridized carbons (Fsp3) is 0.364. The molecule has 16 heavy (non-hydrogen) atoms. The van der Waals surface area contributed by atoms with E-state index in [0.29, 0.717) is 5.69 Å². The highest BCUT2D eigenvalue weighted by atomic mass is 16.6. The SMILES string of the molecule is CC(C)(C)C(=O)Nc1ccc([N+](=O)[O-])cc1. The second-order valence-electron chi connectivity index (χ2n) is 4.51. The van der Waals surface area contributed by atoms with Crippen molar-refractivity contribution in [2.75, 3.05) is 5.32 Å². The monoisotopic (exact) mass is 222 g/mol. The summed E-state index contributed by atoms with van der Waals surface area (Å²) in [7, 11) is 0.